The molecule has 6 nitrogen and oxygen atoms in total. The molecular weight excluding hydrogens is 563 g/mol. The van der Waals surface area contributed by atoms with Crippen LogP contribution in [0.25, 0.3) is 0 Å². The number of hydrogen-bond donors (Lipinski definition) is 2. The maximum atomic E-state index is 11.8. The minimum atomic E-state index is -0.217. The Kier molecular flexibility index (Phi) is 13.1. The summed E-state index contributed by atoms with van der Waals surface area (Å²) in [5.41, 5.74) is 0. The third-order valence-corrected chi connectivity index (χ3v) is 10.2. The maximum Gasteiger partial charge on any atom is 0.409 e. The highest BCUT2D eigenvalue weighted by Crippen LogP contribution is 2.37. The van der Waals surface area contributed by atoms with Crippen LogP contribution in [0.15, 0.2) is 46.2 Å². The van der Waals surface area contributed by atoms with Crippen LogP contribution in [0.5, 0.6) is 11.5 Å². The number of carbonyl (C=O) groups is 1. The predicted molar refractivity (Wildman–Crippen MR) is 159 cm³/mol. The van der Waals surface area contributed by atoms with E-state index in [1.807, 2.05) is 30.8 Å². The van der Waals surface area contributed by atoms with Gasteiger partial charge in [-0.05, 0) is 102 Å². The van der Waals surface area contributed by atoms with E-state index >= 15 is 0 Å². The fraction of sp³-hybridized carbons (Fsp3) is 0.536. The van der Waals surface area contributed by atoms with Crippen molar-refractivity contribution in [1.29, 1.82) is 0 Å². The van der Waals surface area contributed by atoms with Crippen molar-refractivity contribution in [1.82, 2.24) is 9.80 Å². The van der Waals surface area contributed by atoms with E-state index in [-0.39, 0.29) is 17.6 Å². The van der Waals surface area contributed by atoms with Crippen LogP contribution in [-0.4, -0.2) is 76.4 Å². The lowest BCUT2D eigenvalue weighted by molar-refractivity contribution is 0.108. The van der Waals surface area contributed by atoms with Crippen molar-refractivity contribution in [2.75, 3.05) is 39.8 Å². The lowest BCUT2D eigenvalue weighted by Crippen LogP contribution is -2.32. The van der Waals surface area contributed by atoms with Crippen molar-refractivity contribution in [2.24, 2.45) is 0 Å². The topological polar surface area (TPSA) is 73.2 Å². The van der Waals surface area contributed by atoms with Gasteiger partial charge in [-0.25, -0.2) is 4.79 Å². The molecule has 0 aromatic heterocycles. The largest absolute Gasteiger partial charge is 0.508 e. The van der Waals surface area contributed by atoms with Crippen LogP contribution in [-0.2, 0) is 4.74 Å². The van der Waals surface area contributed by atoms with E-state index in [1.165, 1.54) is 25.8 Å². The second-order valence-electron chi connectivity index (χ2n) is 9.56. The molecule has 2 heterocycles. The Balaban J connectivity index is 0.000000215. The minimum absolute atomic E-state index is 0.179. The number of nitrogens with zero attached hydrogens (tertiary/aromatic N) is 2. The van der Waals surface area contributed by atoms with Gasteiger partial charge in [0.1, 0.15) is 11.5 Å². The molecule has 10 heteroatoms. The summed E-state index contributed by atoms with van der Waals surface area (Å²) in [5.74, 6) is 0.415. The highest BCUT2D eigenvalue weighted by Gasteiger charge is 2.22. The van der Waals surface area contributed by atoms with Crippen LogP contribution < -0.4 is 0 Å². The fourth-order valence-electron chi connectivity index (χ4n) is 4.44. The Morgan fingerprint density at radius 3 is 1.92 bits per heavy atom. The Labute approximate surface area is 245 Å². The zero-order chi connectivity index (χ0) is 27.5. The molecule has 1 amide bonds. The Morgan fingerprint density at radius 1 is 0.868 bits per heavy atom. The first-order chi connectivity index (χ1) is 18.2. The number of hydrogen-bond acceptors (Lipinski definition) is 7. The number of aromatic hydroxyl groups is 2. The van der Waals surface area contributed by atoms with Gasteiger partial charge in [-0.1, -0.05) is 23.2 Å². The van der Waals surface area contributed by atoms with E-state index in [0.717, 1.165) is 42.1 Å². The number of halogens is 2. The number of benzene rings is 2. The van der Waals surface area contributed by atoms with E-state index in [9.17, 15) is 15.0 Å². The minimum Gasteiger partial charge on any atom is -0.508 e. The van der Waals surface area contributed by atoms with Crippen LogP contribution in [0.2, 0.25) is 10.0 Å². The van der Waals surface area contributed by atoms with Gasteiger partial charge in [0.2, 0.25) is 0 Å². The van der Waals surface area contributed by atoms with Gasteiger partial charge >= 0.3 is 6.09 Å². The molecule has 2 saturated heterocycles. The number of amides is 1. The third kappa shape index (κ3) is 10.3. The molecule has 2 aliphatic rings. The zero-order valence-electron chi connectivity index (χ0n) is 22.1. The molecule has 38 heavy (non-hydrogen) atoms. The predicted octanol–water partition coefficient (Wildman–Crippen LogP) is 7.77. The third-order valence-electron chi connectivity index (χ3n) is 6.52. The number of rotatable bonds is 5. The number of likely N-dealkylation sites (tertiary alicyclic amines) is 2. The lowest BCUT2D eigenvalue weighted by Gasteiger charge is -2.19. The van der Waals surface area contributed by atoms with Crippen molar-refractivity contribution >= 4 is 52.8 Å². The summed E-state index contributed by atoms with van der Waals surface area (Å²) in [7, 11) is 2.18. The number of phenolic OH excluding ortho intramolecular Hbond substituents is 2. The van der Waals surface area contributed by atoms with Gasteiger partial charge < -0.3 is 24.7 Å². The first-order valence-corrected chi connectivity index (χ1v) is 15.7. The van der Waals surface area contributed by atoms with Crippen LogP contribution >= 0.6 is 46.7 Å². The summed E-state index contributed by atoms with van der Waals surface area (Å²) < 4.78 is 5.05. The highest BCUT2D eigenvalue weighted by molar-refractivity contribution is 8.00. The SMILES string of the molecule is CCOC(=O)N1CCCC(Sc2ccc(O)cc2Cl)CC1.CN1CCCC(Sc2ccc(O)cc2Cl)CC1. The Morgan fingerprint density at radius 2 is 1.39 bits per heavy atom. The van der Waals surface area contributed by atoms with E-state index in [0.29, 0.717) is 33.7 Å². The van der Waals surface area contributed by atoms with Gasteiger partial charge in [-0.3, -0.25) is 0 Å². The smallest absolute Gasteiger partial charge is 0.409 e. The van der Waals surface area contributed by atoms with E-state index in [1.54, 1.807) is 40.9 Å². The molecule has 0 bridgehead atoms. The normalized spacial score (nSPS) is 20.6. The van der Waals surface area contributed by atoms with Crippen molar-refractivity contribution < 1.29 is 19.7 Å². The van der Waals surface area contributed by atoms with Crippen LogP contribution in [0.4, 0.5) is 4.79 Å². The quantitative estimate of drug-likeness (QED) is 0.363. The van der Waals surface area contributed by atoms with Gasteiger partial charge in [0.25, 0.3) is 0 Å². The average molecular weight is 602 g/mol. The molecular formula is C28H38Cl2N2O4S2. The molecule has 210 valence electrons. The van der Waals surface area contributed by atoms with Crippen molar-refractivity contribution in [2.45, 2.75) is 65.7 Å². The van der Waals surface area contributed by atoms with Gasteiger partial charge in [-0.2, -0.15) is 0 Å². The van der Waals surface area contributed by atoms with Crippen LogP contribution in [0.3, 0.4) is 0 Å². The average Bonchev–Trinajstić information content (AvgIpc) is 3.23. The highest BCUT2D eigenvalue weighted by atomic mass is 35.5. The fourth-order valence-corrected chi connectivity index (χ4v) is 7.42. The monoisotopic (exact) mass is 600 g/mol. The molecule has 2 fully saturated rings. The second-order valence-corrected chi connectivity index (χ2v) is 13.1. The van der Waals surface area contributed by atoms with Gasteiger partial charge in [0, 0.05) is 33.4 Å². The molecule has 2 aromatic carbocycles. The molecule has 0 aliphatic carbocycles. The van der Waals surface area contributed by atoms with Crippen molar-refractivity contribution in [3.63, 3.8) is 0 Å². The second kappa shape index (κ2) is 16.0. The molecule has 2 N–H and O–H groups in total. The molecule has 2 unspecified atom stereocenters. The van der Waals surface area contributed by atoms with E-state index in [4.69, 9.17) is 27.9 Å². The standard InChI is InChI=1S/C15H20ClNO3S.C13H18ClNOS/c1-2-20-15(19)17-8-3-4-12(7-9-17)21-14-6-5-11(18)10-13(14)16;1-15-7-2-3-11(6-8-15)17-13-5-4-10(16)9-12(13)14/h5-6,10,12,18H,2-4,7-9H2,1H3;4-5,9,11,16H,2-3,6-8H2,1H3. The van der Waals surface area contributed by atoms with Gasteiger partial charge in [0.05, 0.1) is 16.7 Å². The number of phenols is 2. The van der Waals surface area contributed by atoms with Crippen LogP contribution in [0.1, 0.15) is 45.4 Å². The molecule has 2 aromatic rings. The molecule has 2 aliphatic heterocycles. The van der Waals surface area contributed by atoms with Crippen LogP contribution in [0, 0.1) is 0 Å². The molecule has 0 saturated carbocycles. The summed E-state index contributed by atoms with van der Waals surface area (Å²) >= 11 is 15.8. The Hall–Kier alpha value is -1.45. The summed E-state index contributed by atoms with van der Waals surface area (Å²) in [6.45, 7) is 6.05. The summed E-state index contributed by atoms with van der Waals surface area (Å²) in [4.78, 5) is 18.0. The molecule has 2 atom stereocenters. The van der Waals surface area contributed by atoms with Gasteiger partial charge in [0.15, 0.2) is 0 Å². The number of carbonyl (C=O) groups excluding carboxylic acids is 1. The molecule has 4 rings (SSSR count). The Bertz CT molecular complexity index is 1050. The zero-order valence-corrected chi connectivity index (χ0v) is 25.2. The van der Waals surface area contributed by atoms with E-state index < -0.39 is 0 Å². The maximum absolute atomic E-state index is 11.8. The lowest BCUT2D eigenvalue weighted by atomic mass is 10.2. The van der Waals surface area contributed by atoms with Gasteiger partial charge in [-0.15, -0.1) is 23.5 Å². The van der Waals surface area contributed by atoms with E-state index in [2.05, 4.69) is 11.9 Å². The van der Waals surface area contributed by atoms with Crippen molar-refractivity contribution in [3.05, 3.63) is 46.4 Å². The first kappa shape index (κ1) is 31.1. The van der Waals surface area contributed by atoms with Crippen molar-refractivity contribution in [3.8, 4) is 11.5 Å². The first-order valence-electron chi connectivity index (χ1n) is 13.2. The number of ether oxygens (including phenoxy) is 1. The summed E-state index contributed by atoms with van der Waals surface area (Å²) in [6.07, 6.45) is 6.41. The number of thioether (sulfide) groups is 2. The summed E-state index contributed by atoms with van der Waals surface area (Å²) in [5, 5.41) is 21.0. The molecule has 0 spiro atoms. The molecule has 0 radical (unpaired) electrons. The summed E-state index contributed by atoms with van der Waals surface area (Å²) in [6, 6.07) is 10.3.